The molecule has 2 aromatic carbocycles. The quantitative estimate of drug-likeness (QED) is 0.397. The second kappa shape index (κ2) is 10.5. The second-order valence-electron chi connectivity index (χ2n) is 13.3. The van der Waals surface area contributed by atoms with E-state index < -0.39 is 0 Å². The van der Waals surface area contributed by atoms with E-state index in [9.17, 15) is 9.18 Å². The summed E-state index contributed by atoms with van der Waals surface area (Å²) in [7, 11) is 0. The van der Waals surface area contributed by atoms with Gasteiger partial charge in [0.2, 0.25) is 0 Å². The third-order valence-corrected chi connectivity index (χ3v) is 10.5. The van der Waals surface area contributed by atoms with Crippen molar-refractivity contribution in [1.29, 1.82) is 0 Å². The topological polar surface area (TPSA) is 60.0 Å². The van der Waals surface area contributed by atoms with Crippen molar-refractivity contribution in [3.05, 3.63) is 64.5 Å². The first-order valence-corrected chi connectivity index (χ1v) is 15.1. The average molecular weight is 546 g/mol. The van der Waals surface area contributed by atoms with Crippen LogP contribution in [0.25, 0.3) is 0 Å². The molecule has 3 aliphatic carbocycles. The Balaban J connectivity index is 1.20. The molecular formula is C33H44FN5O. The highest BCUT2D eigenvalue weighted by atomic mass is 19.1. The molecule has 214 valence electrons. The number of amides is 1. The van der Waals surface area contributed by atoms with E-state index in [0.717, 1.165) is 59.8 Å². The van der Waals surface area contributed by atoms with Crippen molar-refractivity contribution >= 4 is 17.6 Å². The molecule has 2 aromatic rings. The van der Waals surface area contributed by atoms with Crippen LogP contribution in [-0.2, 0) is 13.0 Å². The van der Waals surface area contributed by atoms with E-state index in [4.69, 9.17) is 4.99 Å². The lowest BCUT2D eigenvalue weighted by Gasteiger charge is -2.62. The van der Waals surface area contributed by atoms with Gasteiger partial charge in [-0.25, -0.2) is 9.38 Å². The number of halogens is 1. The minimum absolute atomic E-state index is 0.0185. The molecule has 6 atom stereocenters. The summed E-state index contributed by atoms with van der Waals surface area (Å²) in [5, 5.41) is 7.47. The normalized spacial score (nSPS) is 31.7. The van der Waals surface area contributed by atoms with Crippen LogP contribution in [0, 0.1) is 35.9 Å². The number of aryl methyl sites for hydroxylation is 1. The van der Waals surface area contributed by atoms with E-state index in [-0.39, 0.29) is 11.7 Å². The molecule has 0 radical (unpaired) electrons. The van der Waals surface area contributed by atoms with Gasteiger partial charge in [0.05, 0.1) is 5.69 Å². The van der Waals surface area contributed by atoms with Crippen LogP contribution in [0.1, 0.15) is 67.6 Å². The molecule has 40 heavy (non-hydrogen) atoms. The molecular weight excluding hydrogens is 501 g/mol. The van der Waals surface area contributed by atoms with Gasteiger partial charge in [-0.2, -0.15) is 0 Å². The number of rotatable bonds is 5. The Bertz CT molecular complexity index is 1330. The number of nitrogens with zero attached hydrogens (tertiary/aromatic N) is 3. The highest BCUT2D eigenvalue weighted by Crippen LogP contribution is 2.61. The van der Waals surface area contributed by atoms with Gasteiger partial charge >= 0.3 is 0 Å². The Morgan fingerprint density at radius 1 is 1.18 bits per heavy atom. The van der Waals surface area contributed by atoms with Gasteiger partial charge in [0.15, 0.2) is 5.96 Å². The maximum absolute atomic E-state index is 14.4. The van der Waals surface area contributed by atoms with Crippen molar-refractivity contribution < 1.29 is 9.18 Å². The number of piperazine rings is 1. The first-order chi connectivity index (χ1) is 19.1. The summed E-state index contributed by atoms with van der Waals surface area (Å²) >= 11 is 0. The fourth-order valence-corrected chi connectivity index (χ4v) is 7.67. The SMILES string of the molecule is Cc1ccc(CCN2Cc3cc(N=C(N[C@H]4C[C@]5(C)C[C@H](C5C)[C@H]4C)N4CCN[C@@H](C)C4)ccc3C2=O)c(F)c1. The number of carbonyl (C=O) groups is 1. The Morgan fingerprint density at radius 2 is 2.00 bits per heavy atom. The number of fused-ring (bicyclic) bond motifs is 3. The van der Waals surface area contributed by atoms with Crippen molar-refractivity contribution in [2.45, 2.75) is 72.5 Å². The van der Waals surface area contributed by atoms with Crippen LogP contribution in [0.3, 0.4) is 0 Å². The molecule has 1 saturated heterocycles. The Labute approximate surface area is 238 Å². The van der Waals surface area contributed by atoms with E-state index in [1.165, 1.54) is 12.8 Å². The fourth-order valence-electron chi connectivity index (χ4n) is 7.67. The van der Waals surface area contributed by atoms with Gasteiger partial charge in [-0.3, -0.25) is 4.79 Å². The maximum Gasteiger partial charge on any atom is 0.254 e. The zero-order valence-corrected chi connectivity index (χ0v) is 24.6. The third-order valence-electron chi connectivity index (χ3n) is 10.5. The van der Waals surface area contributed by atoms with Crippen molar-refractivity contribution in [2.24, 2.45) is 28.2 Å². The lowest BCUT2D eigenvalue weighted by atomic mass is 9.44. The predicted molar refractivity (Wildman–Crippen MR) is 158 cm³/mol. The average Bonchev–Trinajstić information content (AvgIpc) is 3.23. The van der Waals surface area contributed by atoms with E-state index >= 15 is 0 Å². The van der Waals surface area contributed by atoms with Crippen molar-refractivity contribution in [2.75, 3.05) is 26.2 Å². The smallest absolute Gasteiger partial charge is 0.254 e. The van der Waals surface area contributed by atoms with Gasteiger partial charge < -0.3 is 20.4 Å². The van der Waals surface area contributed by atoms with Gasteiger partial charge in [-0.1, -0.05) is 32.9 Å². The molecule has 5 aliphatic rings. The van der Waals surface area contributed by atoms with Gasteiger partial charge in [-0.15, -0.1) is 0 Å². The molecule has 2 N–H and O–H groups in total. The predicted octanol–water partition coefficient (Wildman–Crippen LogP) is 5.27. The number of aliphatic imine (C=N–C) groups is 1. The highest BCUT2D eigenvalue weighted by molar-refractivity contribution is 5.99. The lowest BCUT2D eigenvalue weighted by Crippen LogP contribution is -2.63. The van der Waals surface area contributed by atoms with Crippen molar-refractivity contribution in [1.82, 2.24) is 20.4 Å². The van der Waals surface area contributed by atoms with Crippen LogP contribution in [0.4, 0.5) is 10.1 Å². The summed E-state index contributed by atoms with van der Waals surface area (Å²) in [5.74, 6) is 2.97. The molecule has 2 heterocycles. The Kier molecular flexibility index (Phi) is 7.14. The molecule has 4 fully saturated rings. The third kappa shape index (κ3) is 5.02. The molecule has 2 bridgehead atoms. The van der Waals surface area contributed by atoms with Gasteiger partial charge in [0, 0.05) is 50.4 Å². The monoisotopic (exact) mass is 545 g/mol. The number of nitrogens with one attached hydrogen (secondary N) is 2. The van der Waals surface area contributed by atoms with E-state index in [1.807, 2.05) is 36.1 Å². The van der Waals surface area contributed by atoms with E-state index in [1.54, 1.807) is 6.07 Å². The van der Waals surface area contributed by atoms with Crippen LogP contribution in [0.2, 0.25) is 0 Å². The summed E-state index contributed by atoms with van der Waals surface area (Å²) in [4.78, 5) is 22.5. The molecule has 0 aromatic heterocycles. The number of guanidine groups is 1. The van der Waals surface area contributed by atoms with Gasteiger partial charge in [0.1, 0.15) is 5.82 Å². The van der Waals surface area contributed by atoms with Gasteiger partial charge in [-0.05, 0) is 97.2 Å². The zero-order chi connectivity index (χ0) is 28.2. The molecule has 1 unspecified atom stereocenters. The molecule has 1 amide bonds. The lowest BCUT2D eigenvalue weighted by molar-refractivity contribution is -0.112. The number of benzene rings is 2. The molecule has 2 aliphatic heterocycles. The van der Waals surface area contributed by atoms with Crippen LogP contribution >= 0.6 is 0 Å². The first kappa shape index (κ1) is 27.3. The van der Waals surface area contributed by atoms with Crippen LogP contribution < -0.4 is 10.6 Å². The summed E-state index contributed by atoms with van der Waals surface area (Å²) in [6.45, 7) is 15.2. The molecule has 7 heteroatoms. The minimum Gasteiger partial charge on any atom is -0.353 e. The van der Waals surface area contributed by atoms with Crippen molar-refractivity contribution in [3.8, 4) is 0 Å². The summed E-state index contributed by atoms with van der Waals surface area (Å²) in [6.07, 6.45) is 3.03. The Hall–Kier alpha value is -2.93. The second-order valence-corrected chi connectivity index (χ2v) is 13.3. The molecule has 3 saturated carbocycles. The Morgan fingerprint density at radius 3 is 2.75 bits per heavy atom. The molecule has 6 nitrogen and oxygen atoms in total. The van der Waals surface area contributed by atoms with Crippen LogP contribution in [-0.4, -0.2) is 59.9 Å². The number of hydrogen-bond acceptors (Lipinski definition) is 3. The standard InChI is InChI=1S/C33H44FN5O/c1-20-6-7-24(29(34)14-20)10-12-38-19-25-15-26(8-9-27(25)31(38)40)36-32(39-13-11-35-21(2)18-39)37-30-17-33(5)16-28(22(30)3)23(33)4/h6-9,14-15,21-23,28,30,35H,10-13,16-19H2,1-5H3,(H,36,37)/t21-,22+,23?,28-,30-,33-/m0/s1. The van der Waals surface area contributed by atoms with Crippen LogP contribution in [0.15, 0.2) is 41.4 Å². The highest BCUT2D eigenvalue weighted by Gasteiger charge is 2.56. The minimum atomic E-state index is -0.198. The van der Waals surface area contributed by atoms with Crippen molar-refractivity contribution in [3.63, 3.8) is 0 Å². The fraction of sp³-hybridized carbons (Fsp3) is 0.576. The largest absolute Gasteiger partial charge is 0.353 e. The van der Waals surface area contributed by atoms with Gasteiger partial charge in [0.25, 0.3) is 5.91 Å². The zero-order valence-electron chi connectivity index (χ0n) is 24.6. The number of hydrogen-bond donors (Lipinski definition) is 2. The first-order valence-electron chi connectivity index (χ1n) is 15.1. The summed E-state index contributed by atoms with van der Waals surface area (Å²) in [5.41, 5.74) is 4.59. The van der Waals surface area contributed by atoms with E-state index in [0.29, 0.717) is 48.5 Å². The molecule has 7 rings (SSSR count). The summed E-state index contributed by atoms with van der Waals surface area (Å²) < 4.78 is 14.4. The summed E-state index contributed by atoms with van der Waals surface area (Å²) in [6, 6.07) is 12.1. The van der Waals surface area contributed by atoms with E-state index in [2.05, 4.69) is 49.3 Å². The van der Waals surface area contributed by atoms with Crippen LogP contribution in [0.5, 0.6) is 0 Å². The molecule has 0 spiro atoms. The number of carbonyl (C=O) groups excluding carboxylic acids is 1. The maximum atomic E-state index is 14.4.